The Hall–Kier alpha value is -0.790. The summed E-state index contributed by atoms with van der Waals surface area (Å²) in [5, 5.41) is 76.5. The molecule has 15 heteroatoms. The molecule has 3 unspecified atom stereocenters. The Balaban J connectivity index is 1.30. The van der Waals surface area contributed by atoms with E-state index in [1.165, 1.54) is 7.11 Å². The van der Waals surface area contributed by atoms with Crippen molar-refractivity contribution in [1.82, 2.24) is 0 Å². The maximum Gasteiger partial charge on any atom is 0.397 e. The number of ether oxygens (including phenoxy) is 3. The van der Waals surface area contributed by atoms with Crippen LogP contribution in [0.2, 0.25) is 0 Å². The highest BCUT2D eigenvalue weighted by molar-refractivity contribution is 7.80. The van der Waals surface area contributed by atoms with Gasteiger partial charge in [0, 0.05) is 25.4 Å². The van der Waals surface area contributed by atoms with Crippen LogP contribution in [0.3, 0.4) is 0 Å². The zero-order chi connectivity index (χ0) is 37.1. The highest BCUT2D eigenvalue weighted by Gasteiger charge is 2.72. The van der Waals surface area contributed by atoms with Crippen molar-refractivity contribution in [3.05, 3.63) is 12.2 Å². The molecule has 5 fully saturated rings. The molecule has 0 aromatic heterocycles. The lowest BCUT2D eigenvalue weighted by Gasteiger charge is -2.66. The summed E-state index contributed by atoms with van der Waals surface area (Å²) >= 11 is 0. The lowest BCUT2D eigenvalue weighted by Crippen LogP contribution is -2.71. The van der Waals surface area contributed by atoms with Crippen LogP contribution in [-0.2, 0) is 28.8 Å². The third-order valence-corrected chi connectivity index (χ3v) is 14.4. The SMILES string of the molecule is CO[C@@H]1[C@@H](O)[C@H](OC[C@@H](C)[C@H](C)/C=C/[C@@H](C)[C@H]2C[C@@H](O)C3[C@]4(O)C[C@H](OS(=O)(=O)O)C5[C@@H](O)[C@@H](O)CC[C@]5(C)C4CC[C@@]32C)O[C@H](CO)[C@H]1O. The van der Waals surface area contributed by atoms with E-state index in [9.17, 15) is 48.7 Å². The second-order valence-corrected chi connectivity index (χ2v) is 17.7. The molecule has 1 heterocycles. The summed E-state index contributed by atoms with van der Waals surface area (Å²) in [5.74, 6) is -1.86. The first-order valence-corrected chi connectivity index (χ1v) is 19.5. The molecule has 1 aliphatic heterocycles. The Morgan fingerprint density at radius 2 is 1.60 bits per heavy atom. The molecular formula is C35H60O14S. The Labute approximate surface area is 295 Å². The lowest BCUT2D eigenvalue weighted by atomic mass is 9.41. The third kappa shape index (κ3) is 7.09. The minimum absolute atomic E-state index is 0.00317. The minimum atomic E-state index is -4.96. The summed E-state index contributed by atoms with van der Waals surface area (Å²) in [7, 11) is -3.60. The Morgan fingerprint density at radius 1 is 0.940 bits per heavy atom. The number of hydrogen-bond acceptors (Lipinski definition) is 13. The van der Waals surface area contributed by atoms with Crippen molar-refractivity contribution in [2.45, 2.75) is 134 Å². The number of aliphatic hydroxyl groups excluding tert-OH is 6. The van der Waals surface area contributed by atoms with Crippen molar-refractivity contribution in [1.29, 1.82) is 0 Å². The summed E-state index contributed by atoms with van der Waals surface area (Å²) in [5.41, 5.74) is -2.89. The van der Waals surface area contributed by atoms with Gasteiger partial charge in [0.1, 0.15) is 24.4 Å². The van der Waals surface area contributed by atoms with Gasteiger partial charge in [0.05, 0.1) is 43.2 Å². The predicted octanol–water partition coefficient (Wildman–Crippen LogP) is 0.796. The first-order chi connectivity index (χ1) is 23.2. The molecule has 0 spiro atoms. The summed E-state index contributed by atoms with van der Waals surface area (Å²) in [6, 6.07) is 0. The fourth-order valence-electron chi connectivity index (χ4n) is 11.2. The molecule has 4 aliphatic carbocycles. The smallest absolute Gasteiger partial charge is 0.394 e. The van der Waals surface area contributed by atoms with Crippen molar-refractivity contribution in [3.8, 4) is 0 Å². The van der Waals surface area contributed by atoms with Gasteiger partial charge in [-0.3, -0.25) is 4.55 Å². The van der Waals surface area contributed by atoms with Crippen LogP contribution >= 0.6 is 0 Å². The molecule has 0 bridgehead atoms. The monoisotopic (exact) mass is 736 g/mol. The number of fused-ring (bicyclic) bond motifs is 5. The summed E-state index contributed by atoms with van der Waals surface area (Å²) in [6.45, 7) is 9.87. The molecule has 19 atom stereocenters. The number of rotatable bonds is 11. The van der Waals surface area contributed by atoms with Gasteiger partial charge < -0.3 is 50.0 Å². The highest BCUT2D eigenvalue weighted by Crippen LogP contribution is 2.70. The van der Waals surface area contributed by atoms with E-state index in [-0.39, 0.29) is 43.1 Å². The van der Waals surface area contributed by atoms with Gasteiger partial charge in [-0.1, -0.05) is 46.8 Å². The lowest BCUT2D eigenvalue weighted by molar-refractivity contribution is -0.306. The Bertz CT molecular complexity index is 1320. The van der Waals surface area contributed by atoms with Gasteiger partial charge in [0.15, 0.2) is 6.29 Å². The summed E-state index contributed by atoms with van der Waals surface area (Å²) in [4.78, 5) is 0. The second kappa shape index (κ2) is 14.8. The van der Waals surface area contributed by atoms with E-state index in [4.69, 9.17) is 18.4 Å². The zero-order valence-corrected chi connectivity index (χ0v) is 30.8. The topological polar surface area (TPSA) is 233 Å². The highest BCUT2D eigenvalue weighted by atomic mass is 32.3. The van der Waals surface area contributed by atoms with Gasteiger partial charge in [-0.15, -0.1) is 0 Å². The van der Waals surface area contributed by atoms with Gasteiger partial charge in [-0.2, -0.15) is 8.42 Å². The molecule has 5 aliphatic rings. The minimum Gasteiger partial charge on any atom is -0.394 e. The van der Waals surface area contributed by atoms with Crippen LogP contribution in [-0.4, -0.2) is 130 Å². The van der Waals surface area contributed by atoms with Crippen LogP contribution in [0, 0.1) is 52.3 Å². The number of hydrogen-bond donors (Lipinski definition) is 8. The van der Waals surface area contributed by atoms with E-state index in [2.05, 4.69) is 26.0 Å². The van der Waals surface area contributed by atoms with Crippen molar-refractivity contribution < 1.29 is 67.1 Å². The van der Waals surface area contributed by atoms with E-state index in [0.717, 1.165) is 0 Å². The fraction of sp³-hybridized carbons (Fsp3) is 0.943. The molecule has 5 rings (SSSR count). The second-order valence-electron chi connectivity index (χ2n) is 16.7. The number of allylic oxidation sites excluding steroid dienone is 2. The van der Waals surface area contributed by atoms with Crippen molar-refractivity contribution in [2.75, 3.05) is 20.3 Å². The summed E-state index contributed by atoms with van der Waals surface area (Å²) in [6.07, 6.45) is -3.64. The van der Waals surface area contributed by atoms with Crippen LogP contribution in [0.25, 0.3) is 0 Å². The van der Waals surface area contributed by atoms with E-state index >= 15 is 0 Å². The molecule has 0 radical (unpaired) electrons. The van der Waals surface area contributed by atoms with Crippen LogP contribution in [0.4, 0.5) is 0 Å². The molecule has 50 heavy (non-hydrogen) atoms. The van der Waals surface area contributed by atoms with Gasteiger partial charge in [-0.25, -0.2) is 4.18 Å². The van der Waals surface area contributed by atoms with E-state index in [0.29, 0.717) is 25.7 Å². The molecule has 0 aromatic carbocycles. The van der Waals surface area contributed by atoms with Crippen LogP contribution in [0.1, 0.15) is 73.1 Å². The van der Waals surface area contributed by atoms with Gasteiger partial charge >= 0.3 is 10.4 Å². The standard InChI is InChI=1S/C35H60O14S/c1-17(19(3)16-47-32-29(41)30(46-6)28(40)24(15-36)48-32)7-8-18(2)20-13-22(38)31-33(20,4)12-10-25-34(5)11-9-21(37)27(39)26(34)23(14-35(25,31)42)49-50(43,44)45/h7-8,17-32,36-42H,9-16H2,1-6H3,(H,43,44,45)/b8-7+/t17-,18-,19-,20-,21+,22-,23+,24-,25?,26?,27+,28-,29-,30+,31?,32-,33-,34-,35+/m1/s1. The molecule has 290 valence electrons. The Kier molecular flexibility index (Phi) is 12.0. The van der Waals surface area contributed by atoms with Gasteiger partial charge in [0.2, 0.25) is 0 Å². The predicted molar refractivity (Wildman–Crippen MR) is 178 cm³/mol. The number of aliphatic hydroxyl groups is 7. The van der Waals surface area contributed by atoms with Gasteiger partial charge in [0.25, 0.3) is 0 Å². The van der Waals surface area contributed by atoms with Crippen LogP contribution < -0.4 is 0 Å². The van der Waals surface area contributed by atoms with Gasteiger partial charge in [-0.05, 0) is 72.5 Å². The first-order valence-electron chi connectivity index (χ1n) is 18.1. The fourth-order valence-corrected chi connectivity index (χ4v) is 11.7. The average molecular weight is 737 g/mol. The van der Waals surface area contributed by atoms with Crippen LogP contribution in [0.15, 0.2) is 12.2 Å². The third-order valence-electron chi connectivity index (χ3n) is 13.9. The van der Waals surface area contributed by atoms with E-state index in [1.807, 2.05) is 20.8 Å². The van der Waals surface area contributed by atoms with Crippen molar-refractivity contribution >= 4 is 10.4 Å². The summed E-state index contributed by atoms with van der Waals surface area (Å²) < 4.78 is 55.6. The average Bonchev–Trinajstić information content (AvgIpc) is 3.31. The normalized spacial score (nSPS) is 49.9. The number of methoxy groups -OCH3 is 1. The maximum absolute atomic E-state index is 12.7. The molecule has 4 saturated carbocycles. The molecule has 0 aromatic rings. The molecular weight excluding hydrogens is 676 g/mol. The Morgan fingerprint density at radius 3 is 2.22 bits per heavy atom. The zero-order valence-electron chi connectivity index (χ0n) is 30.0. The van der Waals surface area contributed by atoms with E-state index < -0.39 is 106 Å². The largest absolute Gasteiger partial charge is 0.397 e. The first kappa shape index (κ1) is 40.4. The molecule has 0 amide bonds. The molecule has 8 N–H and O–H groups in total. The molecule has 14 nitrogen and oxygen atoms in total. The molecule has 1 saturated heterocycles. The quantitative estimate of drug-likeness (QED) is 0.108. The van der Waals surface area contributed by atoms with Crippen molar-refractivity contribution in [3.63, 3.8) is 0 Å². The van der Waals surface area contributed by atoms with E-state index in [1.54, 1.807) is 0 Å². The maximum atomic E-state index is 12.7. The van der Waals surface area contributed by atoms with Crippen LogP contribution in [0.5, 0.6) is 0 Å². The van der Waals surface area contributed by atoms with Crippen molar-refractivity contribution in [2.24, 2.45) is 52.3 Å².